The number of anilines is 1. The summed E-state index contributed by atoms with van der Waals surface area (Å²) < 4.78 is 0. The minimum atomic E-state index is -0.403. The van der Waals surface area contributed by atoms with E-state index >= 15 is 0 Å². The zero-order valence-corrected chi connectivity index (χ0v) is 15.5. The van der Waals surface area contributed by atoms with Crippen molar-refractivity contribution in [1.29, 1.82) is 0 Å². The summed E-state index contributed by atoms with van der Waals surface area (Å²) in [5.74, 6) is -0.432. The maximum atomic E-state index is 12.8. The number of pyridine rings is 1. The normalized spacial score (nSPS) is 15.6. The van der Waals surface area contributed by atoms with Crippen molar-refractivity contribution in [3.8, 4) is 11.1 Å². The lowest BCUT2D eigenvalue weighted by Gasteiger charge is -2.11. The molecular formula is C25H17N3O. The molecule has 6 rings (SSSR count). The van der Waals surface area contributed by atoms with Crippen LogP contribution in [-0.4, -0.2) is 15.9 Å². The molecule has 1 aliphatic rings. The number of carbonyl (C=O) groups excluding carboxylic acids is 1. The molecule has 29 heavy (non-hydrogen) atoms. The zero-order valence-electron chi connectivity index (χ0n) is 15.5. The highest BCUT2D eigenvalue weighted by atomic mass is 16.2. The Bertz CT molecular complexity index is 1420. The number of carbonyl (C=O) groups is 1. The summed E-state index contributed by atoms with van der Waals surface area (Å²) in [7, 11) is 0. The van der Waals surface area contributed by atoms with E-state index in [1.807, 2.05) is 60.8 Å². The summed E-state index contributed by atoms with van der Waals surface area (Å²) in [4.78, 5) is 20.9. The Labute approximate surface area is 167 Å². The molecule has 0 saturated carbocycles. The van der Waals surface area contributed by atoms with Gasteiger partial charge >= 0.3 is 0 Å². The van der Waals surface area contributed by atoms with Crippen LogP contribution in [-0.2, 0) is 4.79 Å². The topological polar surface area (TPSA) is 57.8 Å². The number of nitrogens with one attached hydrogen (secondary N) is 2. The molecule has 3 heterocycles. The Balaban J connectivity index is 1.50. The maximum absolute atomic E-state index is 12.8. The van der Waals surface area contributed by atoms with Crippen molar-refractivity contribution in [2.75, 3.05) is 5.32 Å². The predicted octanol–water partition coefficient (Wildman–Crippen LogP) is 5.47. The molecule has 2 aromatic heterocycles. The first-order valence-corrected chi connectivity index (χ1v) is 9.65. The number of H-pyrrole nitrogens is 1. The van der Waals surface area contributed by atoms with Gasteiger partial charge in [-0.15, -0.1) is 0 Å². The van der Waals surface area contributed by atoms with Crippen LogP contribution in [0, 0.1) is 0 Å². The lowest BCUT2D eigenvalue weighted by Crippen LogP contribution is -2.14. The number of benzene rings is 3. The third-order valence-corrected chi connectivity index (χ3v) is 5.70. The van der Waals surface area contributed by atoms with Crippen molar-refractivity contribution in [1.82, 2.24) is 9.97 Å². The monoisotopic (exact) mass is 375 g/mol. The van der Waals surface area contributed by atoms with Gasteiger partial charge in [0.05, 0.1) is 11.2 Å². The largest absolute Gasteiger partial charge is 0.361 e. The van der Waals surface area contributed by atoms with Crippen LogP contribution in [0.2, 0.25) is 0 Å². The molecule has 138 valence electrons. The van der Waals surface area contributed by atoms with E-state index in [2.05, 4.69) is 34.6 Å². The first-order chi connectivity index (χ1) is 14.3. The number of amides is 1. The fourth-order valence-electron chi connectivity index (χ4n) is 4.28. The highest BCUT2D eigenvalue weighted by Crippen LogP contribution is 2.40. The molecule has 4 nitrogen and oxygen atoms in total. The summed E-state index contributed by atoms with van der Waals surface area (Å²) in [5.41, 5.74) is 6.83. The Morgan fingerprint density at radius 2 is 1.72 bits per heavy atom. The van der Waals surface area contributed by atoms with Crippen LogP contribution in [0.15, 0.2) is 85.1 Å². The number of nitrogens with zero attached hydrogens (tertiary/aromatic N) is 1. The number of hydrogen-bond donors (Lipinski definition) is 2. The highest BCUT2D eigenvalue weighted by molar-refractivity contribution is 6.06. The molecule has 0 fully saturated rings. The molecule has 3 aromatic carbocycles. The Morgan fingerprint density at radius 1 is 0.862 bits per heavy atom. The number of aromatic amines is 1. The second kappa shape index (κ2) is 6.04. The van der Waals surface area contributed by atoms with Crippen LogP contribution < -0.4 is 5.32 Å². The molecule has 4 heteroatoms. The summed E-state index contributed by atoms with van der Waals surface area (Å²) in [6.07, 6.45) is 2.03. The van der Waals surface area contributed by atoms with Crippen molar-refractivity contribution in [3.05, 3.63) is 96.3 Å². The first-order valence-electron chi connectivity index (χ1n) is 9.65. The third-order valence-electron chi connectivity index (χ3n) is 5.70. The van der Waals surface area contributed by atoms with E-state index in [4.69, 9.17) is 4.98 Å². The molecule has 0 radical (unpaired) electrons. The molecule has 1 unspecified atom stereocenters. The van der Waals surface area contributed by atoms with Crippen LogP contribution >= 0.6 is 0 Å². The van der Waals surface area contributed by atoms with Gasteiger partial charge in [-0.25, -0.2) is 0 Å². The Kier molecular flexibility index (Phi) is 3.35. The van der Waals surface area contributed by atoms with E-state index in [0.29, 0.717) is 0 Å². The SMILES string of the molecule is O=C1Nc2ccc(-c3c[nH]c4ccccc34)cc2C1c1ccc2ccccc2n1. The van der Waals surface area contributed by atoms with Crippen molar-refractivity contribution < 1.29 is 4.79 Å². The smallest absolute Gasteiger partial charge is 0.238 e. The predicted molar refractivity (Wildman–Crippen MR) is 116 cm³/mol. The van der Waals surface area contributed by atoms with Gasteiger partial charge in [0.2, 0.25) is 5.91 Å². The van der Waals surface area contributed by atoms with Crippen LogP contribution in [0.25, 0.3) is 32.9 Å². The van der Waals surface area contributed by atoms with Crippen molar-refractivity contribution in [3.63, 3.8) is 0 Å². The molecule has 0 bridgehead atoms. The van der Waals surface area contributed by atoms with Crippen molar-refractivity contribution in [2.24, 2.45) is 0 Å². The average molecular weight is 375 g/mol. The lowest BCUT2D eigenvalue weighted by molar-refractivity contribution is -0.116. The molecular weight excluding hydrogens is 358 g/mol. The molecule has 0 saturated heterocycles. The Hall–Kier alpha value is -3.92. The quantitative estimate of drug-likeness (QED) is 0.430. The highest BCUT2D eigenvalue weighted by Gasteiger charge is 2.33. The standard InChI is InChI=1S/C25H17N3O/c29-25-24(23-12-9-15-5-1-3-7-20(15)27-23)18-13-16(10-11-22(18)28-25)19-14-26-21-8-4-2-6-17(19)21/h1-14,24,26H,(H,28,29). The minimum absolute atomic E-state index is 0.0288. The number of aromatic nitrogens is 2. The van der Waals surface area contributed by atoms with Gasteiger partial charge in [0.1, 0.15) is 5.92 Å². The number of hydrogen-bond acceptors (Lipinski definition) is 2. The van der Waals surface area contributed by atoms with Crippen LogP contribution in [0.5, 0.6) is 0 Å². The van der Waals surface area contributed by atoms with E-state index in [1.54, 1.807) is 0 Å². The lowest BCUT2D eigenvalue weighted by atomic mass is 9.93. The summed E-state index contributed by atoms with van der Waals surface area (Å²) in [5, 5.41) is 5.26. The minimum Gasteiger partial charge on any atom is -0.361 e. The van der Waals surface area contributed by atoms with Crippen LogP contribution in [0.3, 0.4) is 0 Å². The van der Waals surface area contributed by atoms with Gasteiger partial charge in [0.15, 0.2) is 0 Å². The van der Waals surface area contributed by atoms with Crippen LogP contribution in [0.4, 0.5) is 5.69 Å². The summed E-state index contributed by atoms with van der Waals surface area (Å²) in [6.45, 7) is 0. The second-order valence-corrected chi connectivity index (χ2v) is 7.40. The molecule has 2 N–H and O–H groups in total. The van der Waals surface area contributed by atoms with Gasteiger partial charge in [0, 0.05) is 33.7 Å². The van der Waals surface area contributed by atoms with E-state index in [9.17, 15) is 4.79 Å². The van der Waals surface area contributed by atoms with Gasteiger partial charge in [-0.1, -0.05) is 48.5 Å². The number of fused-ring (bicyclic) bond motifs is 3. The molecule has 1 aliphatic heterocycles. The fourth-order valence-corrected chi connectivity index (χ4v) is 4.28. The number of para-hydroxylation sites is 2. The van der Waals surface area contributed by atoms with Gasteiger partial charge < -0.3 is 10.3 Å². The molecule has 5 aromatic rings. The summed E-state index contributed by atoms with van der Waals surface area (Å²) in [6, 6.07) is 26.4. The Morgan fingerprint density at radius 3 is 2.69 bits per heavy atom. The third kappa shape index (κ3) is 2.46. The van der Waals surface area contributed by atoms with Gasteiger partial charge in [0.25, 0.3) is 0 Å². The van der Waals surface area contributed by atoms with E-state index in [-0.39, 0.29) is 5.91 Å². The van der Waals surface area contributed by atoms with Gasteiger partial charge in [-0.2, -0.15) is 0 Å². The maximum Gasteiger partial charge on any atom is 0.238 e. The number of rotatable bonds is 2. The van der Waals surface area contributed by atoms with E-state index < -0.39 is 5.92 Å². The fraction of sp³-hybridized carbons (Fsp3) is 0.0400. The molecule has 0 aliphatic carbocycles. The van der Waals surface area contributed by atoms with E-state index in [0.717, 1.165) is 44.5 Å². The van der Waals surface area contributed by atoms with Gasteiger partial charge in [-0.05, 0) is 41.5 Å². The second-order valence-electron chi connectivity index (χ2n) is 7.40. The zero-order chi connectivity index (χ0) is 19.4. The van der Waals surface area contributed by atoms with Crippen molar-refractivity contribution >= 4 is 33.4 Å². The van der Waals surface area contributed by atoms with Crippen LogP contribution in [0.1, 0.15) is 17.2 Å². The molecule has 0 spiro atoms. The molecule has 1 atom stereocenters. The van der Waals surface area contributed by atoms with Gasteiger partial charge in [-0.3, -0.25) is 9.78 Å². The first kappa shape index (κ1) is 16.1. The average Bonchev–Trinajstić information content (AvgIpc) is 3.33. The summed E-state index contributed by atoms with van der Waals surface area (Å²) >= 11 is 0. The van der Waals surface area contributed by atoms with Crippen molar-refractivity contribution in [2.45, 2.75) is 5.92 Å². The van der Waals surface area contributed by atoms with E-state index in [1.165, 1.54) is 5.39 Å². The molecule has 1 amide bonds.